The summed E-state index contributed by atoms with van der Waals surface area (Å²) in [5, 5.41) is 3.43. The minimum absolute atomic E-state index is 0.324. The molecule has 0 aliphatic heterocycles. The fourth-order valence-electron chi connectivity index (χ4n) is 2.13. The molecule has 0 saturated carbocycles. The van der Waals surface area contributed by atoms with Gasteiger partial charge in [0.15, 0.2) is 0 Å². The zero-order valence-corrected chi connectivity index (χ0v) is 12.5. The van der Waals surface area contributed by atoms with E-state index in [4.69, 9.17) is 4.74 Å². The summed E-state index contributed by atoms with van der Waals surface area (Å²) in [4.78, 5) is 0. The van der Waals surface area contributed by atoms with E-state index in [1.807, 2.05) is 0 Å². The Balaban J connectivity index is 2.64. The van der Waals surface area contributed by atoms with E-state index in [0.29, 0.717) is 5.41 Å². The van der Waals surface area contributed by atoms with Crippen molar-refractivity contribution < 1.29 is 4.74 Å². The second-order valence-electron chi connectivity index (χ2n) is 5.76. The van der Waals surface area contributed by atoms with Crippen LogP contribution in [-0.2, 0) is 6.42 Å². The average molecular weight is 249 g/mol. The first-order valence-electron chi connectivity index (χ1n) is 6.83. The first kappa shape index (κ1) is 15.0. The van der Waals surface area contributed by atoms with Gasteiger partial charge < -0.3 is 10.1 Å². The lowest BCUT2D eigenvalue weighted by molar-refractivity contribution is 0.315. The molecule has 2 heteroatoms. The molecule has 0 atom stereocenters. The highest BCUT2D eigenvalue weighted by atomic mass is 16.5. The highest BCUT2D eigenvalue weighted by Gasteiger charge is 2.17. The number of rotatable bonds is 7. The lowest BCUT2D eigenvalue weighted by Crippen LogP contribution is -2.29. The van der Waals surface area contributed by atoms with Crippen LogP contribution in [0.15, 0.2) is 18.2 Å². The molecule has 0 spiro atoms. The van der Waals surface area contributed by atoms with Crippen molar-refractivity contribution in [3.63, 3.8) is 0 Å². The Hall–Kier alpha value is -1.02. The SMILES string of the molecule is CCNCC(C)(C)CCc1cc(C)ccc1OC. The molecular weight excluding hydrogens is 222 g/mol. The molecule has 1 N–H and O–H groups in total. The van der Waals surface area contributed by atoms with Crippen LogP contribution in [0.2, 0.25) is 0 Å². The minimum Gasteiger partial charge on any atom is -0.496 e. The number of nitrogens with one attached hydrogen (secondary N) is 1. The van der Waals surface area contributed by atoms with Gasteiger partial charge in [-0.2, -0.15) is 0 Å². The fourth-order valence-corrected chi connectivity index (χ4v) is 2.13. The normalized spacial score (nSPS) is 11.6. The minimum atomic E-state index is 0.324. The van der Waals surface area contributed by atoms with Crippen molar-refractivity contribution in [2.45, 2.75) is 40.5 Å². The van der Waals surface area contributed by atoms with Gasteiger partial charge in [-0.25, -0.2) is 0 Å². The van der Waals surface area contributed by atoms with Crippen LogP contribution < -0.4 is 10.1 Å². The number of hydrogen-bond acceptors (Lipinski definition) is 2. The van der Waals surface area contributed by atoms with Crippen molar-refractivity contribution >= 4 is 0 Å². The van der Waals surface area contributed by atoms with Gasteiger partial charge in [-0.15, -0.1) is 0 Å². The predicted octanol–water partition coefficient (Wildman–Crippen LogP) is 3.57. The van der Waals surface area contributed by atoms with Gasteiger partial charge in [-0.3, -0.25) is 0 Å². The monoisotopic (exact) mass is 249 g/mol. The second kappa shape index (κ2) is 6.79. The van der Waals surface area contributed by atoms with Gasteiger partial charge in [0.2, 0.25) is 0 Å². The smallest absolute Gasteiger partial charge is 0.122 e. The second-order valence-corrected chi connectivity index (χ2v) is 5.76. The summed E-state index contributed by atoms with van der Waals surface area (Å²) in [5.41, 5.74) is 2.95. The van der Waals surface area contributed by atoms with E-state index in [0.717, 1.165) is 25.3 Å². The van der Waals surface area contributed by atoms with E-state index < -0.39 is 0 Å². The van der Waals surface area contributed by atoms with Gasteiger partial charge in [0.25, 0.3) is 0 Å². The van der Waals surface area contributed by atoms with Crippen LogP contribution in [0.5, 0.6) is 5.75 Å². The Bertz CT molecular complexity index is 371. The molecule has 0 saturated heterocycles. The van der Waals surface area contributed by atoms with E-state index in [1.54, 1.807) is 7.11 Å². The van der Waals surface area contributed by atoms with Crippen molar-refractivity contribution in [1.29, 1.82) is 0 Å². The Morgan fingerprint density at radius 2 is 2.00 bits per heavy atom. The van der Waals surface area contributed by atoms with Crippen LogP contribution in [0.4, 0.5) is 0 Å². The number of ether oxygens (including phenoxy) is 1. The first-order valence-corrected chi connectivity index (χ1v) is 6.83. The van der Waals surface area contributed by atoms with Crippen molar-refractivity contribution in [3.05, 3.63) is 29.3 Å². The van der Waals surface area contributed by atoms with Crippen molar-refractivity contribution in [2.24, 2.45) is 5.41 Å². The maximum Gasteiger partial charge on any atom is 0.122 e. The zero-order valence-electron chi connectivity index (χ0n) is 12.5. The van der Waals surface area contributed by atoms with Gasteiger partial charge in [-0.1, -0.05) is 38.5 Å². The maximum absolute atomic E-state index is 5.43. The Labute approximate surface area is 112 Å². The molecule has 1 rings (SSSR count). The van der Waals surface area contributed by atoms with Gasteiger partial charge in [0, 0.05) is 6.54 Å². The van der Waals surface area contributed by atoms with Crippen LogP contribution in [-0.4, -0.2) is 20.2 Å². The molecule has 0 radical (unpaired) electrons. The molecule has 0 amide bonds. The zero-order chi connectivity index (χ0) is 13.6. The van der Waals surface area contributed by atoms with Gasteiger partial charge in [0.1, 0.15) is 5.75 Å². The molecule has 0 bridgehead atoms. The summed E-state index contributed by atoms with van der Waals surface area (Å²) in [5.74, 6) is 1.01. The summed E-state index contributed by atoms with van der Waals surface area (Å²) in [6, 6.07) is 6.41. The van der Waals surface area contributed by atoms with Gasteiger partial charge in [-0.05, 0) is 43.4 Å². The topological polar surface area (TPSA) is 21.3 Å². The lowest BCUT2D eigenvalue weighted by atomic mass is 9.86. The molecule has 2 nitrogen and oxygen atoms in total. The molecule has 1 aromatic carbocycles. The number of aryl methyl sites for hydroxylation is 2. The van der Waals surface area contributed by atoms with E-state index in [2.05, 4.69) is 51.2 Å². The summed E-state index contributed by atoms with van der Waals surface area (Å²) >= 11 is 0. The summed E-state index contributed by atoms with van der Waals surface area (Å²) < 4.78 is 5.43. The van der Waals surface area contributed by atoms with Crippen LogP contribution in [0.25, 0.3) is 0 Å². The molecular formula is C16H27NO. The fraction of sp³-hybridized carbons (Fsp3) is 0.625. The highest BCUT2D eigenvalue weighted by molar-refractivity contribution is 5.37. The third-order valence-corrected chi connectivity index (χ3v) is 3.36. The summed E-state index contributed by atoms with van der Waals surface area (Å²) in [6.45, 7) is 11.0. The van der Waals surface area contributed by atoms with E-state index >= 15 is 0 Å². The largest absolute Gasteiger partial charge is 0.496 e. The Morgan fingerprint density at radius 1 is 1.28 bits per heavy atom. The molecule has 0 aliphatic carbocycles. The summed E-state index contributed by atoms with van der Waals surface area (Å²) in [7, 11) is 1.75. The highest BCUT2D eigenvalue weighted by Crippen LogP contribution is 2.27. The number of hydrogen-bond donors (Lipinski definition) is 1. The van der Waals surface area contributed by atoms with Crippen molar-refractivity contribution in [1.82, 2.24) is 5.32 Å². The molecule has 102 valence electrons. The molecule has 0 unspecified atom stereocenters. The maximum atomic E-state index is 5.43. The molecule has 0 aliphatic rings. The van der Waals surface area contributed by atoms with Crippen LogP contribution in [0, 0.1) is 12.3 Å². The van der Waals surface area contributed by atoms with Crippen LogP contribution >= 0.6 is 0 Å². The quantitative estimate of drug-likeness (QED) is 0.797. The van der Waals surface area contributed by atoms with Crippen molar-refractivity contribution in [3.8, 4) is 5.75 Å². The molecule has 1 aromatic rings. The number of methoxy groups -OCH3 is 1. The molecule has 0 aromatic heterocycles. The lowest BCUT2D eigenvalue weighted by Gasteiger charge is -2.25. The Kier molecular flexibility index (Phi) is 5.67. The molecule has 0 heterocycles. The van der Waals surface area contributed by atoms with Crippen LogP contribution in [0.1, 0.15) is 38.3 Å². The van der Waals surface area contributed by atoms with E-state index in [1.165, 1.54) is 17.5 Å². The number of benzene rings is 1. The standard InChI is InChI=1S/C16H27NO/c1-6-17-12-16(3,4)10-9-14-11-13(2)7-8-15(14)18-5/h7-8,11,17H,6,9-10,12H2,1-5H3. The Morgan fingerprint density at radius 3 is 2.61 bits per heavy atom. The molecule has 0 fully saturated rings. The predicted molar refractivity (Wildman–Crippen MR) is 78.4 cm³/mol. The summed E-state index contributed by atoms with van der Waals surface area (Å²) in [6.07, 6.45) is 2.24. The van der Waals surface area contributed by atoms with Gasteiger partial charge >= 0.3 is 0 Å². The average Bonchev–Trinajstić information content (AvgIpc) is 2.34. The third kappa shape index (κ3) is 4.69. The van der Waals surface area contributed by atoms with E-state index in [-0.39, 0.29) is 0 Å². The molecule has 18 heavy (non-hydrogen) atoms. The van der Waals surface area contributed by atoms with E-state index in [9.17, 15) is 0 Å². The third-order valence-electron chi connectivity index (χ3n) is 3.36. The van der Waals surface area contributed by atoms with Crippen LogP contribution in [0.3, 0.4) is 0 Å². The van der Waals surface area contributed by atoms with Crippen molar-refractivity contribution in [2.75, 3.05) is 20.2 Å². The first-order chi connectivity index (χ1) is 8.48. The van der Waals surface area contributed by atoms with Gasteiger partial charge in [0.05, 0.1) is 7.11 Å².